The molecule has 1 heterocycles. The van der Waals surface area contributed by atoms with E-state index < -0.39 is 52.7 Å². The molecule has 0 bridgehead atoms. The molecule has 31 heavy (non-hydrogen) atoms. The Balaban J connectivity index is 1.91. The van der Waals surface area contributed by atoms with Crippen molar-refractivity contribution >= 4 is 23.2 Å². The van der Waals surface area contributed by atoms with E-state index in [9.17, 15) is 36.6 Å². The molecule has 0 saturated carbocycles. The van der Waals surface area contributed by atoms with E-state index >= 15 is 0 Å². The highest BCUT2D eigenvalue weighted by atomic mass is 32.1. The van der Waals surface area contributed by atoms with Gasteiger partial charge >= 0.3 is 12.1 Å². The van der Waals surface area contributed by atoms with Gasteiger partial charge in [0.1, 0.15) is 22.1 Å². The molecule has 0 saturated heterocycles. The summed E-state index contributed by atoms with van der Waals surface area (Å²) in [4.78, 5) is 26.9. The zero-order valence-corrected chi connectivity index (χ0v) is 15.9. The third kappa shape index (κ3) is 4.63. The number of nitrogens with zero attached hydrogens (tertiary/aromatic N) is 1. The van der Waals surface area contributed by atoms with Gasteiger partial charge in [0.25, 0.3) is 5.91 Å². The Bertz CT molecular complexity index is 1150. The van der Waals surface area contributed by atoms with Gasteiger partial charge in [-0.1, -0.05) is 12.1 Å². The molecule has 12 heteroatoms. The van der Waals surface area contributed by atoms with Gasteiger partial charge in [-0.05, 0) is 24.3 Å². The lowest BCUT2D eigenvalue weighted by molar-refractivity contribution is -0.145. The quantitative estimate of drug-likeness (QED) is 0.533. The van der Waals surface area contributed by atoms with Crippen molar-refractivity contribution in [3.63, 3.8) is 0 Å². The SMILES string of the molecule is NC(=O)c1c(F)ccc(OC(C(=O)O)c2csc(-c3ccc(C(F)(F)F)cc3)n2)c1F. The summed E-state index contributed by atoms with van der Waals surface area (Å²) in [6, 6.07) is 5.51. The smallest absolute Gasteiger partial charge is 0.416 e. The number of nitrogens with two attached hydrogens (primary N) is 1. The Hall–Kier alpha value is -3.54. The largest absolute Gasteiger partial charge is 0.478 e. The highest BCUT2D eigenvalue weighted by Crippen LogP contribution is 2.34. The molecule has 0 spiro atoms. The normalized spacial score (nSPS) is 12.4. The Morgan fingerprint density at radius 3 is 2.29 bits per heavy atom. The zero-order valence-electron chi connectivity index (χ0n) is 15.1. The fourth-order valence-electron chi connectivity index (χ4n) is 2.56. The van der Waals surface area contributed by atoms with E-state index in [2.05, 4.69) is 4.98 Å². The standard InChI is InChI=1S/C19H11F5N2O4S/c20-10-5-6-12(14(21)13(10)16(25)27)30-15(18(28)29)11-7-31-17(26-11)8-1-3-9(4-2-8)19(22,23)24/h1-7,15H,(H2,25,27)(H,28,29). The molecule has 1 aromatic heterocycles. The fraction of sp³-hybridized carbons (Fsp3) is 0.105. The number of thiazole rings is 1. The first-order valence-corrected chi connectivity index (χ1v) is 9.17. The number of carboxylic acid groups (broad SMARTS) is 1. The summed E-state index contributed by atoms with van der Waals surface area (Å²) in [6.45, 7) is 0. The number of benzene rings is 2. The van der Waals surface area contributed by atoms with Crippen LogP contribution in [0.4, 0.5) is 22.0 Å². The van der Waals surface area contributed by atoms with Gasteiger partial charge in [0.2, 0.25) is 6.10 Å². The molecule has 3 N–H and O–H groups in total. The molecule has 0 aliphatic carbocycles. The lowest BCUT2D eigenvalue weighted by Crippen LogP contribution is -2.21. The molecule has 1 atom stereocenters. The van der Waals surface area contributed by atoms with E-state index in [0.717, 1.165) is 29.5 Å². The van der Waals surface area contributed by atoms with E-state index in [1.165, 1.54) is 17.5 Å². The Morgan fingerprint density at radius 1 is 1.10 bits per heavy atom. The molecule has 3 aromatic rings. The monoisotopic (exact) mass is 458 g/mol. The van der Waals surface area contributed by atoms with Crippen LogP contribution in [0.1, 0.15) is 27.7 Å². The minimum Gasteiger partial charge on any atom is -0.478 e. The van der Waals surface area contributed by atoms with Crippen LogP contribution in [0.3, 0.4) is 0 Å². The van der Waals surface area contributed by atoms with Gasteiger partial charge in [-0.3, -0.25) is 4.79 Å². The maximum absolute atomic E-state index is 14.4. The van der Waals surface area contributed by atoms with Crippen LogP contribution in [0.25, 0.3) is 10.6 Å². The second-order valence-electron chi connectivity index (χ2n) is 6.09. The van der Waals surface area contributed by atoms with Crippen molar-refractivity contribution in [3.05, 3.63) is 70.2 Å². The molecule has 162 valence electrons. The molecule has 0 fully saturated rings. The van der Waals surface area contributed by atoms with Crippen LogP contribution in [0.2, 0.25) is 0 Å². The van der Waals surface area contributed by atoms with Crippen molar-refractivity contribution in [3.8, 4) is 16.3 Å². The molecule has 0 radical (unpaired) electrons. The van der Waals surface area contributed by atoms with Gasteiger partial charge in [0, 0.05) is 10.9 Å². The predicted molar refractivity (Wildman–Crippen MR) is 98.4 cm³/mol. The number of aromatic nitrogens is 1. The summed E-state index contributed by atoms with van der Waals surface area (Å²) in [5.74, 6) is -6.45. The molecule has 1 amide bonds. The second kappa shape index (κ2) is 8.30. The van der Waals surface area contributed by atoms with E-state index in [-0.39, 0.29) is 16.3 Å². The zero-order chi connectivity index (χ0) is 22.9. The van der Waals surface area contributed by atoms with E-state index in [0.29, 0.717) is 6.07 Å². The van der Waals surface area contributed by atoms with Crippen molar-refractivity contribution in [2.75, 3.05) is 0 Å². The van der Waals surface area contributed by atoms with Gasteiger partial charge in [-0.2, -0.15) is 13.2 Å². The number of halogens is 5. The third-order valence-electron chi connectivity index (χ3n) is 4.02. The molecular weight excluding hydrogens is 447 g/mol. The number of carbonyl (C=O) groups excluding carboxylic acids is 1. The van der Waals surface area contributed by atoms with Crippen molar-refractivity contribution in [2.24, 2.45) is 5.73 Å². The summed E-state index contributed by atoms with van der Waals surface area (Å²) in [5.41, 5.74) is 3.07. The lowest BCUT2D eigenvalue weighted by atomic mass is 10.1. The molecular formula is C19H11F5N2O4S. The average molecular weight is 458 g/mol. The number of aliphatic carboxylic acids is 1. The number of rotatable bonds is 6. The van der Waals surface area contributed by atoms with Crippen LogP contribution >= 0.6 is 11.3 Å². The van der Waals surface area contributed by atoms with Gasteiger partial charge in [-0.25, -0.2) is 18.6 Å². The van der Waals surface area contributed by atoms with E-state index in [4.69, 9.17) is 10.5 Å². The number of hydrogen-bond acceptors (Lipinski definition) is 5. The first-order valence-electron chi connectivity index (χ1n) is 8.29. The van der Waals surface area contributed by atoms with Gasteiger partial charge < -0.3 is 15.6 Å². The average Bonchev–Trinajstić information content (AvgIpc) is 3.16. The summed E-state index contributed by atoms with van der Waals surface area (Å²) in [6.07, 6.45) is -6.36. The molecule has 2 aromatic carbocycles. The highest BCUT2D eigenvalue weighted by molar-refractivity contribution is 7.13. The van der Waals surface area contributed by atoms with E-state index in [1.54, 1.807) is 0 Å². The van der Waals surface area contributed by atoms with Crippen LogP contribution < -0.4 is 10.5 Å². The van der Waals surface area contributed by atoms with Crippen molar-refractivity contribution < 1.29 is 41.4 Å². The van der Waals surface area contributed by atoms with Crippen LogP contribution in [-0.4, -0.2) is 22.0 Å². The fourth-order valence-corrected chi connectivity index (χ4v) is 3.39. The molecule has 1 unspecified atom stereocenters. The summed E-state index contributed by atoms with van der Waals surface area (Å²) >= 11 is 0.923. The summed E-state index contributed by atoms with van der Waals surface area (Å²) in [7, 11) is 0. The number of carboxylic acids is 1. The molecule has 0 aliphatic heterocycles. The third-order valence-corrected chi connectivity index (χ3v) is 4.93. The molecule has 6 nitrogen and oxygen atoms in total. The van der Waals surface area contributed by atoms with Crippen LogP contribution in [0.5, 0.6) is 5.75 Å². The molecule has 0 aliphatic rings. The number of hydrogen-bond donors (Lipinski definition) is 2. The molecule has 3 rings (SSSR count). The number of primary amides is 1. The summed E-state index contributed by atoms with van der Waals surface area (Å²) < 4.78 is 71.1. The van der Waals surface area contributed by atoms with Crippen molar-refractivity contribution in [1.29, 1.82) is 0 Å². The predicted octanol–water partition coefficient (Wildman–Crippen LogP) is 4.41. The van der Waals surface area contributed by atoms with Crippen molar-refractivity contribution in [1.82, 2.24) is 4.98 Å². The Labute approximate surface area is 174 Å². The van der Waals surface area contributed by atoms with Crippen molar-refractivity contribution in [2.45, 2.75) is 12.3 Å². The topological polar surface area (TPSA) is 103 Å². The Kier molecular flexibility index (Phi) is 5.93. The minimum absolute atomic E-state index is 0.184. The van der Waals surface area contributed by atoms with Crippen LogP contribution in [0.15, 0.2) is 41.8 Å². The lowest BCUT2D eigenvalue weighted by Gasteiger charge is -2.15. The number of ether oxygens (including phenoxy) is 1. The van der Waals surface area contributed by atoms with Gasteiger partial charge in [-0.15, -0.1) is 11.3 Å². The maximum atomic E-state index is 14.4. The second-order valence-corrected chi connectivity index (χ2v) is 6.95. The number of alkyl halides is 3. The number of amides is 1. The van der Waals surface area contributed by atoms with E-state index in [1.807, 2.05) is 0 Å². The Morgan fingerprint density at radius 2 is 1.74 bits per heavy atom. The number of carbonyl (C=O) groups is 2. The van der Waals surface area contributed by atoms with Gasteiger partial charge in [0.05, 0.1) is 5.56 Å². The minimum atomic E-state index is -4.52. The van der Waals surface area contributed by atoms with Crippen LogP contribution in [0, 0.1) is 11.6 Å². The highest BCUT2D eigenvalue weighted by Gasteiger charge is 2.31. The van der Waals surface area contributed by atoms with Crippen LogP contribution in [-0.2, 0) is 11.0 Å². The van der Waals surface area contributed by atoms with Gasteiger partial charge in [0.15, 0.2) is 11.6 Å². The first kappa shape index (κ1) is 22.2. The first-order chi connectivity index (χ1) is 14.5. The summed E-state index contributed by atoms with van der Waals surface area (Å²) in [5, 5.41) is 10.9. The maximum Gasteiger partial charge on any atom is 0.416 e.